The number of thiophene rings is 1. The van der Waals surface area contributed by atoms with Crippen molar-refractivity contribution in [1.82, 2.24) is 4.67 Å². The number of benzene rings is 2. The first-order valence-corrected chi connectivity index (χ1v) is 12.5. The predicted molar refractivity (Wildman–Crippen MR) is 118 cm³/mol. The van der Waals surface area contributed by atoms with Crippen molar-refractivity contribution in [3.8, 4) is 0 Å². The Morgan fingerprint density at radius 2 is 1.75 bits per heavy atom. The molecule has 1 aliphatic rings. The minimum Gasteiger partial charge on any atom is -0.377 e. The van der Waals surface area contributed by atoms with Crippen LogP contribution in [0.15, 0.2) is 78.2 Å². The van der Waals surface area contributed by atoms with E-state index in [2.05, 4.69) is 34.3 Å². The van der Waals surface area contributed by atoms with E-state index in [1.165, 1.54) is 4.88 Å². The molecule has 0 bridgehead atoms. The summed E-state index contributed by atoms with van der Waals surface area (Å²) in [5.74, 6) is 0. The average Bonchev–Trinajstić information content (AvgIpc) is 3.43. The maximum absolute atomic E-state index is 14.7. The Morgan fingerprint density at radius 3 is 2.39 bits per heavy atom. The molecule has 28 heavy (non-hydrogen) atoms. The summed E-state index contributed by atoms with van der Waals surface area (Å²) in [6, 6.07) is 24.4. The highest BCUT2D eigenvalue weighted by Crippen LogP contribution is 2.53. The molecule has 1 aliphatic heterocycles. The Bertz CT molecular complexity index is 893. The Balaban J connectivity index is 1.71. The molecule has 2 heterocycles. The Kier molecular flexibility index (Phi) is 6.43. The SMILES string of the molecule is O=[P@](Cc1ccccc1)(c1ccccc1)N(Cc1cccs1)C[C@@H]1CCCO1. The van der Waals surface area contributed by atoms with Gasteiger partial charge in [0, 0.05) is 36.0 Å². The highest BCUT2D eigenvalue weighted by Gasteiger charge is 2.35. The molecule has 0 N–H and O–H groups in total. The van der Waals surface area contributed by atoms with Gasteiger partial charge in [-0.3, -0.25) is 0 Å². The van der Waals surface area contributed by atoms with Gasteiger partial charge in [0.15, 0.2) is 7.29 Å². The van der Waals surface area contributed by atoms with Gasteiger partial charge in [-0.1, -0.05) is 66.7 Å². The van der Waals surface area contributed by atoms with Crippen LogP contribution in [0.4, 0.5) is 0 Å². The molecule has 2 atom stereocenters. The van der Waals surface area contributed by atoms with Gasteiger partial charge in [-0.05, 0) is 29.9 Å². The number of ether oxygens (including phenoxy) is 1. The largest absolute Gasteiger partial charge is 0.377 e. The smallest absolute Gasteiger partial charge is 0.183 e. The molecule has 0 aliphatic carbocycles. The van der Waals surface area contributed by atoms with E-state index in [0.29, 0.717) is 19.3 Å². The van der Waals surface area contributed by atoms with Gasteiger partial charge in [-0.15, -0.1) is 11.3 Å². The zero-order chi connectivity index (χ0) is 19.2. The van der Waals surface area contributed by atoms with Gasteiger partial charge in [0.05, 0.1) is 6.10 Å². The molecule has 0 radical (unpaired) electrons. The Hall–Kier alpha value is -1.71. The molecule has 146 valence electrons. The summed E-state index contributed by atoms with van der Waals surface area (Å²) in [4.78, 5) is 1.24. The molecular weight excluding hydrogens is 385 g/mol. The van der Waals surface area contributed by atoms with Crippen molar-refractivity contribution in [2.45, 2.75) is 31.7 Å². The van der Waals surface area contributed by atoms with Crippen molar-refractivity contribution in [3.63, 3.8) is 0 Å². The molecule has 3 aromatic rings. The van der Waals surface area contributed by atoms with Crippen molar-refractivity contribution in [3.05, 3.63) is 88.6 Å². The van der Waals surface area contributed by atoms with E-state index < -0.39 is 7.29 Å². The van der Waals surface area contributed by atoms with Crippen molar-refractivity contribution in [2.24, 2.45) is 0 Å². The van der Waals surface area contributed by atoms with Crippen LogP contribution in [0.3, 0.4) is 0 Å². The van der Waals surface area contributed by atoms with Crippen LogP contribution in [0.25, 0.3) is 0 Å². The Morgan fingerprint density at radius 1 is 1.00 bits per heavy atom. The highest BCUT2D eigenvalue weighted by molar-refractivity contribution is 7.68. The summed E-state index contributed by atoms with van der Waals surface area (Å²) < 4.78 is 22.8. The number of hydrogen-bond donors (Lipinski definition) is 0. The lowest BCUT2D eigenvalue weighted by molar-refractivity contribution is 0.0925. The van der Waals surface area contributed by atoms with E-state index >= 15 is 0 Å². The van der Waals surface area contributed by atoms with Crippen LogP contribution in [-0.4, -0.2) is 23.9 Å². The number of hydrogen-bond acceptors (Lipinski definition) is 3. The van der Waals surface area contributed by atoms with Crippen LogP contribution in [0, 0.1) is 0 Å². The van der Waals surface area contributed by atoms with Crippen LogP contribution < -0.4 is 5.30 Å². The molecule has 0 unspecified atom stereocenters. The number of rotatable bonds is 8. The van der Waals surface area contributed by atoms with E-state index in [4.69, 9.17) is 4.74 Å². The van der Waals surface area contributed by atoms with Crippen molar-refractivity contribution in [2.75, 3.05) is 13.2 Å². The summed E-state index contributed by atoms with van der Waals surface area (Å²) in [5, 5.41) is 3.01. The van der Waals surface area contributed by atoms with Gasteiger partial charge in [0.1, 0.15) is 0 Å². The van der Waals surface area contributed by atoms with Gasteiger partial charge in [0.25, 0.3) is 0 Å². The predicted octanol–water partition coefficient (Wildman–Crippen LogP) is 5.53. The van der Waals surface area contributed by atoms with E-state index in [1.54, 1.807) is 11.3 Å². The zero-order valence-corrected chi connectivity index (χ0v) is 17.7. The first kappa shape index (κ1) is 19.6. The lowest BCUT2D eigenvalue weighted by Crippen LogP contribution is -2.33. The summed E-state index contributed by atoms with van der Waals surface area (Å²) in [7, 11) is -2.84. The molecule has 0 spiro atoms. The third-order valence-corrected chi connectivity index (χ3v) is 9.19. The first-order valence-electron chi connectivity index (χ1n) is 9.82. The monoisotopic (exact) mass is 411 g/mol. The fourth-order valence-corrected chi connectivity index (χ4v) is 7.46. The van der Waals surface area contributed by atoms with Gasteiger partial charge in [-0.25, -0.2) is 4.67 Å². The summed E-state index contributed by atoms with van der Waals surface area (Å²) in [6.07, 6.45) is 2.83. The molecule has 1 fully saturated rings. The standard InChI is InChI=1S/C23H26NO2PS/c25-27(22-12-5-2-6-13-22,19-20-9-3-1-4-10-20)24(17-21-11-7-15-26-21)18-23-14-8-16-28-23/h1-6,8-10,12-14,16,21H,7,11,15,17-19H2/t21-,27+/m0/s1. The molecule has 2 aromatic carbocycles. The minimum atomic E-state index is -2.84. The number of nitrogens with zero attached hydrogens (tertiary/aromatic N) is 1. The van der Waals surface area contributed by atoms with Gasteiger partial charge >= 0.3 is 0 Å². The minimum absolute atomic E-state index is 0.160. The second kappa shape index (κ2) is 9.19. The van der Waals surface area contributed by atoms with Gasteiger partial charge in [0.2, 0.25) is 0 Å². The van der Waals surface area contributed by atoms with Gasteiger partial charge in [-0.2, -0.15) is 0 Å². The molecule has 3 nitrogen and oxygen atoms in total. The lowest BCUT2D eigenvalue weighted by atomic mass is 10.2. The van der Waals surface area contributed by atoms with Crippen LogP contribution in [0.1, 0.15) is 23.3 Å². The summed E-state index contributed by atoms with van der Waals surface area (Å²) >= 11 is 1.72. The lowest BCUT2D eigenvalue weighted by Gasteiger charge is -2.33. The van der Waals surface area contributed by atoms with Crippen molar-refractivity contribution >= 4 is 23.9 Å². The first-order chi connectivity index (χ1) is 13.7. The van der Waals surface area contributed by atoms with Crippen LogP contribution in [0.2, 0.25) is 0 Å². The molecule has 1 saturated heterocycles. The van der Waals surface area contributed by atoms with E-state index in [9.17, 15) is 4.57 Å². The maximum Gasteiger partial charge on any atom is 0.183 e. The third-order valence-electron chi connectivity index (χ3n) is 5.21. The van der Waals surface area contributed by atoms with Gasteiger partial charge < -0.3 is 9.30 Å². The normalized spacial score (nSPS) is 19.0. The van der Waals surface area contributed by atoms with Crippen LogP contribution >= 0.6 is 18.6 Å². The van der Waals surface area contributed by atoms with Crippen LogP contribution in [-0.2, 0) is 22.0 Å². The summed E-state index contributed by atoms with van der Waals surface area (Å²) in [5.41, 5.74) is 1.11. The third kappa shape index (κ3) is 4.64. The van der Waals surface area contributed by atoms with Crippen molar-refractivity contribution in [1.29, 1.82) is 0 Å². The fourth-order valence-electron chi connectivity index (χ4n) is 3.76. The molecular formula is C23H26NO2PS. The van der Waals surface area contributed by atoms with Crippen LogP contribution in [0.5, 0.6) is 0 Å². The maximum atomic E-state index is 14.7. The summed E-state index contributed by atoms with van der Waals surface area (Å²) in [6.45, 7) is 2.21. The quantitative estimate of drug-likeness (QED) is 0.456. The fraction of sp³-hybridized carbons (Fsp3) is 0.304. The molecule has 0 saturated carbocycles. The zero-order valence-electron chi connectivity index (χ0n) is 15.9. The topological polar surface area (TPSA) is 29.5 Å². The molecule has 4 rings (SSSR count). The van der Waals surface area contributed by atoms with E-state index in [1.807, 2.05) is 48.5 Å². The molecule has 5 heteroatoms. The Labute approximate surface area is 171 Å². The molecule has 1 aromatic heterocycles. The second-order valence-electron chi connectivity index (χ2n) is 7.24. The highest BCUT2D eigenvalue weighted by atomic mass is 32.1. The second-order valence-corrected chi connectivity index (χ2v) is 11.1. The average molecular weight is 412 g/mol. The van der Waals surface area contributed by atoms with Crippen molar-refractivity contribution < 1.29 is 9.30 Å². The van der Waals surface area contributed by atoms with E-state index in [0.717, 1.165) is 30.3 Å². The van der Waals surface area contributed by atoms with E-state index in [-0.39, 0.29) is 6.10 Å². The molecule has 0 amide bonds.